The van der Waals surface area contributed by atoms with Crippen molar-refractivity contribution in [2.75, 3.05) is 0 Å². The van der Waals surface area contributed by atoms with Crippen molar-refractivity contribution >= 4 is 21.5 Å². The van der Waals surface area contributed by atoms with Gasteiger partial charge in [0.25, 0.3) is 5.91 Å². The molecular formula is C22H20N4O3S. The summed E-state index contributed by atoms with van der Waals surface area (Å²) in [5.74, 6) is 0.247. The fourth-order valence-electron chi connectivity index (χ4n) is 3.23. The Morgan fingerprint density at radius 1 is 1.00 bits per heavy atom. The van der Waals surface area contributed by atoms with Crippen molar-refractivity contribution in [1.82, 2.24) is 19.7 Å². The lowest BCUT2D eigenvalue weighted by atomic mass is 10.2. The van der Waals surface area contributed by atoms with Crippen LogP contribution in [-0.4, -0.2) is 28.7 Å². The second-order valence-electron chi connectivity index (χ2n) is 7.13. The topological polar surface area (TPSA) is 93.4 Å². The van der Waals surface area contributed by atoms with Gasteiger partial charge in [-0.05, 0) is 54.8 Å². The van der Waals surface area contributed by atoms with Gasteiger partial charge in [0, 0.05) is 31.3 Å². The summed E-state index contributed by atoms with van der Waals surface area (Å²) in [6, 6.07) is 11.8. The minimum atomic E-state index is -3.59. The summed E-state index contributed by atoms with van der Waals surface area (Å²) in [6.45, 7) is 4.01. The Labute approximate surface area is 174 Å². The van der Waals surface area contributed by atoms with Crippen LogP contribution in [0.1, 0.15) is 27.0 Å². The summed E-state index contributed by atoms with van der Waals surface area (Å²) in [5.41, 5.74) is 3.00. The molecule has 0 spiro atoms. The Bertz CT molecular complexity index is 1320. The highest BCUT2D eigenvalue weighted by Gasteiger charge is 2.18. The summed E-state index contributed by atoms with van der Waals surface area (Å²) >= 11 is 0. The van der Waals surface area contributed by atoms with Gasteiger partial charge in [-0.1, -0.05) is 18.2 Å². The summed E-state index contributed by atoms with van der Waals surface area (Å²) in [7, 11) is -3.59. The minimum absolute atomic E-state index is 0.220. The zero-order valence-corrected chi connectivity index (χ0v) is 17.3. The predicted molar refractivity (Wildman–Crippen MR) is 112 cm³/mol. The quantitative estimate of drug-likeness (QED) is 0.535. The number of nitrogens with zero attached hydrogens (tertiary/aromatic N) is 3. The third kappa shape index (κ3) is 3.95. The lowest BCUT2D eigenvalue weighted by molar-refractivity contribution is 0.0950. The average Bonchev–Trinajstić information content (AvgIpc) is 3.19. The number of imidazole rings is 1. The fraction of sp³-hybridized carbons (Fsp3) is 0.136. The van der Waals surface area contributed by atoms with Crippen molar-refractivity contribution < 1.29 is 13.2 Å². The summed E-state index contributed by atoms with van der Waals surface area (Å²) < 4.78 is 27.5. The number of fused-ring (bicyclic) bond motifs is 1. The van der Waals surface area contributed by atoms with Gasteiger partial charge in [-0.15, -0.1) is 0 Å². The Morgan fingerprint density at radius 2 is 1.70 bits per heavy atom. The lowest BCUT2D eigenvalue weighted by Crippen LogP contribution is -2.23. The van der Waals surface area contributed by atoms with E-state index in [1.165, 1.54) is 6.20 Å². The highest BCUT2D eigenvalue weighted by molar-refractivity contribution is 7.91. The Balaban J connectivity index is 1.47. The van der Waals surface area contributed by atoms with Gasteiger partial charge in [-0.25, -0.2) is 18.4 Å². The molecule has 0 aliphatic carbocycles. The molecule has 2 aromatic heterocycles. The van der Waals surface area contributed by atoms with Crippen LogP contribution in [-0.2, 0) is 16.4 Å². The van der Waals surface area contributed by atoms with E-state index in [4.69, 9.17) is 0 Å². The average molecular weight is 420 g/mol. The Kier molecular flexibility index (Phi) is 5.09. The number of carbonyl (C=O) groups is 1. The molecule has 0 atom stereocenters. The Hall–Kier alpha value is -3.52. The third-order valence-electron chi connectivity index (χ3n) is 4.70. The molecule has 30 heavy (non-hydrogen) atoms. The molecule has 0 saturated carbocycles. The van der Waals surface area contributed by atoms with E-state index < -0.39 is 9.84 Å². The second-order valence-corrected chi connectivity index (χ2v) is 9.08. The fourth-order valence-corrected chi connectivity index (χ4v) is 4.68. The van der Waals surface area contributed by atoms with E-state index in [2.05, 4.69) is 15.3 Å². The van der Waals surface area contributed by atoms with Crippen LogP contribution in [0.2, 0.25) is 0 Å². The molecule has 0 aliphatic rings. The van der Waals surface area contributed by atoms with E-state index in [1.807, 2.05) is 19.9 Å². The van der Waals surface area contributed by atoms with Crippen LogP contribution in [0, 0.1) is 13.8 Å². The molecule has 0 unspecified atom stereocenters. The molecule has 8 heteroatoms. The molecule has 0 bridgehead atoms. The lowest BCUT2D eigenvalue weighted by Gasteiger charge is -2.09. The second kappa shape index (κ2) is 7.72. The molecular weight excluding hydrogens is 400 g/mol. The minimum Gasteiger partial charge on any atom is -0.348 e. The summed E-state index contributed by atoms with van der Waals surface area (Å²) in [5, 5.41) is 2.81. The van der Waals surface area contributed by atoms with Gasteiger partial charge >= 0.3 is 0 Å². The van der Waals surface area contributed by atoms with E-state index in [-0.39, 0.29) is 22.2 Å². The highest BCUT2D eigenvalue weighted by atomic mass is 32.2. The number of aryl methyl sites for hydroxylation is 2. The zero-order chi connectivity index (χ0) is 21.3. The van der Waals surface area contributed by atoms with Gasteiger partial charge < -0.3 is 5.32 Å². The molecule has 2 aromatic carbocycles. The molecule has 152 valence electrons. The molecule has 2 heterocycles. The maximum absolute atomic E-state index is 12.9. The number of hydrogen-bond donors (Lipinski definition) is 1. The smallest absolute Gasteiger partial charge is 0.254 e. The van der Waals surface area contributed by atoms with Crippen molar-refractivity contribution in [3.05, 3.63) is 89.5 Å². The van der Waals surface area contributed by atoms with Crippen LogP contribution >= 0.6 is 0 Å². The van der Waals surface area contributed by atoms with Crippen LogP contribution in [0.15, 0.2) is 77.0 Å². The maximum Gasteiger partial charge on any atom is 0.254 e. The van der Waals surface area contributed by atoms with Gasteiger partial charge in [0.2, 0.25) is 15.6 Å². The standard InChI is InChI=1S/C22H20N4O3S/c1-15-9-16(2)11-20(10-15)30(28,29)19-5-3-17(4-6-19)12-24-21(27)18-13-25-22-23-7-8-26(22)14-18/h3-11,13-14H,12H2,1-2H3,(H,24,27). The van der Waals surface area contributed by atoms with Crippen molar-refractivity contribution in [1.29, 1.82) is 0 Å². The largest absolute Gasteiger partial charge is 0.348 e. The number of benzene rings is 2. The van der Waals surface area contributed by atoms with Gasteiger partial charge in [-0.3, -0.25) is 9.20 Å². The SMILES string of the molecule is Cc1cc(C)cc(S(=O)(=O)c2ccc(CNC(=O)c3cnc4nccn4c3)cc2)c1. The van der Waals surface area contributed by atoms with Gasteiger partial charge in [0.1, 0.15) is 0 Å². The number of nitrogens with one attached hydrogen (secondary N) is 1. The molecule has 0 aliphatic heterocycles. The van der Waals surface area contributed by atoms with Crippen LogP contribution in [0.5, 0.6) is 0 Å². The van der Waals surface area contributed by atoms with E-state index >= 15 is 0 Å². The van der Waals surface area contributed by atoms with E-state index in [1.54, 1.807) is 59.4 Å². The monoisotopic (exact) mass is 420 g/mol. The van der Waals surface area contributed by atoms with Crippen LogP contribution in [0.3, 0.4) is 0 Å². The van der Waals surface area contributed by atoms with E-state index in [0.717, 1.165) is 16.7 Å². The molecule has 0 radical (unpaired) electrons. The number of sulfone groups is 1. The number of hydrogen-bond acceptors (Lipinski definition) is 5. The van der Waals surface area contributed by atoms with Gasteiger partial charge in [0.05, 0.1) is 15.4 Å². The first-order valence-corrected chi connectivity index (χ1v) is 10.8. The zero-order valence-electron chi connectivity index (χ0n) is 16.5. The third-order valence-corrected chi connectivity index (χ3v) is 6.45. The highest BCUT2D eigenvalue weighted by Crippen LogP contribution is 2.23. The molecule has 0 saturated heterocycles. The van der Waals surface area contributed by atoms with E-state index in [0.29, 0.717) is 11.3 Å². The maximum atomic E-state index is 12.9. The summed E-state index contributed by atoms with van der Waals surface area (Å²) in [6.07, 6.45) is 6.45. The first-order chi connectivity index (χ1) is 14.3. The van der Waals surface area contributed by atoms with Crippen molar-refractivity contribution in [2.45, 2.75) is 30.2 Å². The molecule has 4 rings (SSSR count). The molecule has 4 aromatic rings. The predicted octanol–water partition coefficient (Wildman–Crippen LogP) is 3.11. The van der Waals surface area contributed by atoms with Crippen LogP contribution in [0.4, 0.5) is 0 Å². The first-order valence-electron chi connectivity index (χ1n) is 9.32. The van der Waals surface area contributed by atoms with Crippen molar-refractivity contribution in [3.63, 3.8) is 0 Å². The summed E-state index contributed by atoms with van der Waals surface area (Å²) in [4.78, 5) is 21.0. The van der Waals surface area contributed by atoms with Crippen molar-refractivity contribution in [2.24, 2.45) is 0 Å². The van der Waals surface area contributed by atoms with Gasteiger partial charge in [0.15, 0.2) is 0 Å². The Morgan fingerprint density at radius 3 is 2.40 bits per heavy atom. The number of carbonyl (C=O) groups excluding carboxylic acids is 1. The van der Waals surface area contributed by atoms with Crippen LogP contribution in [0.25, 0.3) is 5.78 Å². The molecule has 1 N–H and O–H groups in total. The normalized spacial score (nSPS) is 11.5. The van der Waals surface area contributed by atoms with Gasteiger partial charge in [-0.2, -0.15) is 0 Å². The molecule has 1 amide bonds. The van der Waals surface area contributed by atoms with E-state index in [9.17, 15) is 13.2 Å². The van der Waals surface area contributed by atoms with Crippen molar-refractivity contribution in [3.8, 4) is 0 Å². The number of rotatable bonds is 5. The number of aromatic nitrogens is 3. The number of amides is 1. The molecule has 7 nitrogen and oxygen atoms in total. The van der Waals surface area contributed by atoms with Crippen LogP contribution < -0.4 is 5.32 Å². The first kappa shape index (κ1) is 19.8. The molecule has 0 fully saturated rings.